The highest BCUT2D eigenvalue weighted by Crippen LogP contribution is 2.09. The van der Waals surface area contributed by atoms with Gasteiger partial charge in [-0.3, -0.25) is 9.59 Å². The summed E-state index contributed by atoms with van der Waals surface area (Å²) in [6.45, 7) is 3.41. The summed E-state index contributed by atoms with van der Waals surface area (Å²) in [5, 5.41) is 8.58. The highest BCUT2D eigenvalue weighted by atomic mass is 16.4. The van der Waals surface area contributed by atoms with Crippen molar-refractivity contribution >= 4 is 18.0 Å². The van der Waals surface area contributed by atoms with E-state index in [0.29, 0.717) is 0 Å². The Bertz CT molecular complexity index is 265. The molecular weight excluding hydrogens is 200 g/mol. The number of carbonyl (C=O) groups is 3. The molecule has 0 fully saturated rings. The molecule has 6 heteroatoms. The van der Waals surface area contributed by atoms with Gasteiger partial charge in [-0.25, -0.2) is 0 Å². The second-order valence-corrected chi connectivity index (χ2v) is 3.70. The predicted octanol–water partition coefficient (Wildman–Crippen LogP) is -1.23. The van der Waals surface area contributed by atoms with Gasteiger partial charge in [0.05, 0.1) is 6.04 Å². The van der Waals surface area contributed by atoms with Crippen LogP contribution in [-0.4, -0.2) is 35.2 Å². The molecule has 0 aliphatic heterocycles. The molecule has 0 bridgehead atoms. The van der Waals surface area contributed by atoms with Gasteiger partial charge in [0.1, 0.15) is 18.2 Å². The summed E-state index contributed by atoms with van der Waals surface area (Å²) in [5.74, 6) is -3.56. The molecule has 0 saturated carbocycles. The number of hydrogen-bond acceptors (Lipinski definition) is 5. The standard InChI is InChI=1S/C9H16N2O4/c1-4(2)6(10)8(13)5(3-12)7(11)9(14)15/h3-7H,10-11H2,1-2H3,(H,14,15)/t5?,6-,7?/m0/s1. The summed E-state index contributed by atoms with van der Waals surface area (Å²) in [6, 6.07) is -2.40. The molecule has 0 aliphatic carbocycles. The Morgan fingerprint density at radius 3 is 1.93 bits per heavy atom. The van der Waals surface area contributed by atoms with Crippen LogP contribution in [0.5, 0.6) is 0 Å². The zero-order chi connectivity index (χ0) is 12.2. The summed E-state index contributed by atoms with van der Waals surface area (Å²) in [7, 11) is 0. The van der Waals surface area contributed by atoms with E-state index in [-0.39, 0.29) is 12.2 Å². The van der Waals surface area contributed by atoms with Gasteiger partial charge < -0.3 is 21.4 Å². The minimum Gasteiger partial charge on any atom is -0.480 e. The second-order valence-electron chi connectivity index (χ2n) is 3.70. The third-order valence-electron chi connectivity index (χ3n) is 2.19. The molecule has 15 heavy (non-hydrogen) atoms. The van der Waals surface area contributed by atoms with Gasteiger partial charge in [0.25, 0.3) is 0 Å². The molecule has 0 radical (unpaired) electrons. The van der Waals surface area contributed by atoms with Crippen LogP contribution in [0.25, 0.3) is 0 Å². The first-order chi connectivity index (χ1) is 6.82. The fourth-order valence-corrected chi connectivity index (χ4v) is 1.03. The number of aldehydes is 1. The van der Waals surface area contributed by atoms with Gasteiger partial charge >= 0.3 is 5.97 Å². The second kappa shape index (κ2) is 5.57. The average molecular weight is 216 g/mol. The zero-order valence-electron chi connectivity index (χ0n) is 8.71. The number of carbonyl (C=O) groups excluding carboxylic acids is 2. The van der Waals surface area contributed by atoms with Crippen LogP contribution in [-0.2, 0) is 14.4 Å². The van der Waals surface area contributed by atoms with E-state index >= 15 is 0 Å². The van der Waals surface area contributed by atoms with Gasteiger partial charge in [-0.1, -0.05) is 13.8 Å². The number of Topliss-reactive ketones (excluding diaryl/α,β-unsaturated/α-hetero) is 1. The van der Waals surface area contributed by atoms with Gasteiger partial charge in [0, 0.05) is 0 Å². The van der Waals surface area contributed by atoms with Gasteiger partial charge in [-0.2, -0.15) is 0 Å². The number of hydrogen-bond donors (Lipinski definition) is 3. The number of ketones is 1. The molecule has 0 aromatic heterocycles. The highest BCUT2D eigenvalue weighted by Gasteiger charge is 2.34. The minimum atomic E-state index is -1.53. The molecule has 86 valence electrons. The molecule has 3 atom stereocenters. The lowest BCUT2D eigenvalue weighted by molar-refractivity contribution is -0.144. The number of carboxylic acids is 1. The summed E-state index contributed by atoms with van der Waals surface area (Å²) in [5.41, 5.74) is 10.7. The van der Waals surface area contributed by atoms with Crippen molar-refractivity contribution in [2.75, 3.05) is 0 Å². The van der Waals surface area contributed by atoms with E-state index in [4.69, 9.17) is 16.6 Å². The van der Waals surface area contributed by atoms with Crippen molar-refractivity contribution in [2.24, 2.45) is 23.3 Å². The average Bonchev–Trinajstić information content (AvgIpc) is 2.16. The first kappa shape index (κ1) is 13.7. The molecule has 5 N–H and O–H groups in total. The lowest BCUT2D eigenvalue weighted by Crippen LogP contribution is -2.49. The van der Waals surface area contributed by atoms with Crippen LogP contribution in [0.2, 0.25) is 0 Å². The summed E-state index contributed by atoms with van der Waals surface area (Å²) >= 11 is 0. The van der Waals surface area contributed by atoms with Gasteiger partial charge in [-0.05, 0) is 5.92 Å². The fraction of sp³-hybridized carbons (Fsp3) is 0.667. The SMILES string of the molecule is CC(C)[C@H](N)C(=O)C(C=O)C(N)C(=O)O. The van der Waals surface area contributed by atoms with Crippen molar-refractivity contribution in [3.05, 3.63) is 0 Å². The van der Waals surface area contributed by atoms with E-state index in [1.807, 2.05) is 0 Å². The van der Waals surface area contributed by atoms with E-state index in [1.165, 1.54) is 0 Å². The molecule has 6 nitrogen and oxygen atoms in total. The van der Waals surface area contributed by atoms with E-state index < -0.39 is 29.8 Å². The summed E-state index contributed by atoms with van der Waals surface area (Å²) in [4.78, 5) is 32.7. The summed E-state index contributed by atoms with van der Waals surface area (Å²) < 4.78 is 0. The van der Waals surface area contributed by atoms with Crippen molar-refractivity contribution in [1.29, 1.82) is 0 Å². The Labute approximate surface area is 87.6 Å². The number of aliphatic carboxylic acids is 1. The summed E-state index contributed by atoms with van der Waals surface area (Å²) in [6.07, 6.45) is 0.239. The lowest BCUT2D eigenvalue weighted by atomic mass is 9.88. The Kier molecular flexibility index (Phi) is 5.10. The maximum Gasteiger partial charge on any atom is 0.321 e. The van der Waals surface area contributed by atoms with Crippen LogP contribution in [0.1, 0.15) is 13.8 Å². The molecule has 0 heterocycles. The van der Waals surface area contributed by atoms with Crippen LogP contribution < -0.4 is 11.5 Å². The third kappa shape index (κ3) is 3.41. The van der Waals surface area contributed by atoms with Crippen LogP contribution >= 0.6 is 0 Å². The quantitative estimate of drug-likeness (QED) is 0.377. The normalized spacial score (nSPS) is 16.9. The lowest BCUT2D eigenvalue weighted by Gasteiger charge is -2.20. The maximum atomic E-state index is 11.6. The zero-order valence-corrected chi connectivity index (χ0v) is 8.71. The highest BCUT2D eigenvalue weighted by molar-refractivity contribution is 6.01. The van der Waals surface area contributed by atoms with E-state index in [1.54, 1.807) is 13.8 Å². The molecule has 0 spiro atoms. The van der Waals surface area contributed by atoms with Gasteiger partial charge in [0.2, 0.25) is 0 Å². The number of rotatable bonds is 6. The van der Waals surface area contributed by atoms with Crippen molar-refractivity contribution in [3.63, 3.8) is 0 Å². The van der Waals surface area contributed by atoms with E-state index in [9.17, 15) is 14.4 Å². The van der Waals surface area contributed by atoms with Crippen molar-refractivity contribution in [1.82, 2.24) is 0 Å². The molecule has 2 unspecified atom stereocenters. The Morgan fingerprint density at radius 1 is 1.20 bits per heavy atom. The monoisotopic (exact) mass is 216 g/mol. The molecular formula is C9H16N2O4. The Morgan fingerprint density at radius 2 is 1.67 bits per heavy atom. The first-order valence-electron chi connectivity index (χ1n) is 4.55. The topological polar surface area (TPSA) is 123 Å². The van der Waals surface area contributed by atoms with Crippen molar-refractivity contribution in [2.45, 2.75) is 25.9 Å². The molecule has 0 aromatic carbocycles. The van der Waals surface area contributed by atoms with Crippen LogP contribution in [0.4, 0.5) is 0 Å². The number of carboxylic acid groups (broad SMARTS) is 1. The van der Waals surface area contributed by atoms with E-state index in [2.05, 4.69) is 0 Å². The molecule has 0 rings (SSSR count). The Hall–Kier alpha value is -1.27. The van der Waals surface area contributed by atoms with E-state index in [0.717, 1.165) is 0 Å². The Balaban J connectivity index is 4.76. The smallest absolute Gasteiger partial charge is 0.321 e. The van der Waals surface area contributed by atoms with Crippen molar-refractivity contribution < 1.29 is 19.5 Å². The van der Waals surface area contributed by atoms with Crippen LogP contribution in [0.15, 0.2) is 0 Å². The van der Waals surface area contributed by atoms with Gasteiger partial charge in [0.15, 0.2) is 5.78 Å². The predicted molar refractivity (Wildman–Crippen MR) is 53.0 cm³/mol. The number of nitrogens with two attached hydrogens (primary N) is 2. The van der Waals surface area contributed by atoms with Crippen LogP contribution in [0, 0.1) is 11.8 Å². The maximum absolute atomic E-state index is 11.6. The van der Waals surface area contributed by atoms with Gasteiger partial charge in [-0.15, -0.1) is 0 Å². The molecule has 0 aliphatic rings. The largest absolute Gasteiger partial charge is 0.480 e. The molecule has 0 amide bonds. The molecule has 0 aromatic rings. The minimum absolute atomic E-state index is 0.166. The van der Waals surface area contributed by atoms with Crippen molar-refractivity contribution in [3.8, 4) is 0 Å². The first-order valence-corrected chi connectivity index (χ1v) is 4.55. The molecule has 0 saturated heterocycles. The fourth-order valence-electron chi connectivity index (χ4n) is 1.03. The third-order valence-corrected chi connectivity index (χ3v) is 2.19. The van der Waals surface area contributed by atoms with Crippen LogP contribution in [0.3, 0.4) is 0 Å².